The van der Waals surface area contributed by atoms with Gasteiger partial charge in [0.15, 0.2) is 0 Å². The number of carbonyl (C=O) groups is 2. The zero-order chi connectivity index (χ0) is 14.4. The highest BCUT2D eigenvalue weighted by atomic mass is 16.5. The van der Waals surface area contributed by atoms with Gasteiger partial charge in [-0.3, -0.25) is 4.79 Å². The summed E-state index contributed by atoms with van der Waals surface area (Å²) in [7, 11) is 1.47. The number of rotatable bonds is 6. The molecule has 0 bridgehead atoms. The zero-order valence-electron chi connectivity index (χ0n) is 11.4. The fourth-order valence-electron chi connectivity index (χ4n) is 1.48. The molecule has 1 aromatic carbocycles. The van der Waals surface area contributed by atoms with Crippen molar-refractivity contribution in [3.63, 3.8) is 0 Å². The van der Waals surface area contributed by atoms with Crippen molar-refractivity contribution < 1.29 is 19.4 Å². The Morgan fingerprint density at radius 1 is 1.42 bits per heavy atom. The minimum Gasteiger partial charge on any atom is -0.494 e. The van der Waals surface area contributed by atoms with E-state index < -0.39 is 12.0 Å². The maximum Gasteiger partial charge on any atom is 0.326 e. The summed E-state index contributed by atoms with van der Waals surface area (Å²) in [6.07, 6.45) is 0.883. The van der Waals surface area contributed by atoms with Gasteiger partial charge in [-0.15, -0.1) is 0 Å². The molecule has 0 saturated heterocycles. The summed E-state index contributed by atoms with van der Waals surface area (Å²) in [5, 5.41) is 8.90. The Balaban J connectivity index is 2.84. The predicted molar refractivity (Wildman–Crippen MR) is 71.4 cm³/mol. The van der Waals surface area contributed by atoms with Crippen LogP contribution in [0.15, 0.2) is 24.3 Å². The summed E-state index contributed by atoms with van der Waals surface area (Å²) in [5.74, 6) is -0.754. The maximum absolute atomic E-state index is 12.1. The minimum absolute atomic E-state index is 0.336. The topological polar surface area (TPSA) is 66.8 Å². The second-order valence-corrected chi connectivity index (χ2v) is 4.31. The first-order chi connectivity index (χ1) is 8.97. The summed E-state index contributed by atoms with van der Waals surface area (Å²) in [4.78, 5) is 24.2. The van der Waals surface area contributed by atoms with E-state index in [0.29, 0.717) is 17.9 Å². The number of ether oxygens (including phenoxy) is 1. The van der Waals surface area contributed by atoms with Crippen LogP contribution >= 0.6 is 0 Å². The van der Waals surface area contributed by atoms with E-state index in [1.165, 1.54) is 18.9 Å². The first kappa shape index (κ1) is 15.0. The highest BCUT2D eigenvalue weighted by molar-refractivity contribution is 5.96. The van der Waals surface area contributed by atoms with E-state index in [9.17, 15) is 9.59 Å². The number of benzene rings is 1. The van der Waals surface area contributed by atoms with Crippen LogP contribution in [-0.4, -0.2) is 41.6 Å². The Hall–Kier alpha value is -2.04. The van der Waals surface area contributed by atoms with Crippen LogP contribution in [0, 0.1) is 0 Å². The lowest BCUT2D eigenvalue weighted by Gasteiger charge is -2.21. The van der Waals surface area contributed by atoms with Crippen molar-refractivity contribution in [3.8, 4) is 5.75 Å². The van der Waals surface area contributed by atoms with Crippen LogP contribution in [0.3, 0.4) is 0 Å². The van der Waals surface area contributed by atoms with Crippen molar-refractivity contribution in [2.24, 2.45) is 0 Å². The normalized spacial score (nSPS) is 11.7. The van der Waals surface area contributed by atoms with Gasteiger partial charge in [-0.05, 0) is 31.5 Å². The molecule has 0 spiro atoms. The summed E-state index contributed by atoms with van der Waals surface area (Å²) < 4.78 is 5.45. The Labute approximate surface area is 112 Å². The second-order valence-electron chi connectivity index (χ2n) is 4.31. The average Bonchev–Trinajstić information content (AvgIpc) is 2.42. The Kier molecular flexibility index (Phi) is 5.36. The molecule has 1 aromatic rings. The Morgan fingerprint density at radius 3 is 2.68 bits per heavy atom. The van der Waals surface area contributed by atoms with Crippen LogP contribution in [0.4, 0.5) is 0 Å². The number of aliphatic carboxylic acids is 1. The highest BCUT2D eigenvalue weighted by Gasteiger charge is 2.22. The largest absolute Gasteiger partial charge is 0.494 e. The van der Waals surface area contributed by atoms with Gasteiger partial charge >= 0.3 is 5.97 Å². The SMILES string of the molecule is CCCOc1cccc(C(=O)N(C)C(C)C(=O)O)c1. The maximum atomic E-state index is 12.1. The number of carbonyl (C=O) groups excluding carboxylic acids is 1. The van der Waals surface area contributed by atoms with Crippen LogP contribution in [0.25, 0.3) is 0 Å². The van der Waals surface area contributed by atoms with Crippen molar-refractivity contribution in [2.75, 3.05) is 13.7 Å². The zero-order valence-corrected chi connectivity index (χ0v) is 11.4. The van der Waals surface area contributed by atoms with Gasteiger partial charge in [0.25, 0.3) is 5.91 Å². The summed E-state index contributed by atoms with van der Waals surface area (Å²) >= 11 is 0. The van der Waals surface area contributed by atoms with Gasteiger partial charge in [0, 0.05) is 12.6 Å². The van der Waals surface area contributed by atoms with Gasteiger partial charge in [0.05, 0.1) is 6.61 Å². The van der Waals surface area contributed by atoms with Crippen LogP contribution < -0.4 is 4.74 Å². The third-order valence-electron chi connectivity index (χ3n) is 2.81. The van der Waals surface area contributed by atoms with Crippen molar-refractivity contribution in [1.29, 1.82) is 0 Å². The quantitative estimate of drug-likeness (QED) is 0.854. The molecule has 0 aromatic heterocycles. The number of nitrogens with zero attached hydrogens (tertiary/aromatic N) is 1. The van der Waals surface area contributed by atoms with Gasteiger partial charge in [-0.25, -0.2) is 4.79 Å². The molecule has 1 rings (SSSR count). The second kappa shape index (κ2) is 6.78. The number of amides is 1. The first-order valence-electron chi connectivity index (χ1n) is 6.20. The van der Waals surface area contributed by atoms with Crippen LogP contribution in [0.2, 0.25) is 0 Å². The number of carboxylic acids is 1. The monoisotopic (exact) mass is 265 g/mol. The third kappa shape index (κ3) is 3.98. The van der Waals surface area contributed by atoms with E-state index in [1.54, 1.807) is 24.3 Å². The molecular formula is C14H19NO4. The van der Waals surface area contributed by atoms with Crippen molar-refractivity contribution >= 4 is 11.9 Å². The summed E-state index contributed by atoms with van der Waals surface area (Å²) in [5.41, 5.74) is 0.421. The van der Waals surface area contributed by atoms with E-state index in [0.717, 1.165) is 6.42 Å². The number of hydrogen-bond acceptors (Lipinski definition) is 3. The first-order valence-corrected chi connectivity index (χ1v) is 6.20. The molecule has 0 aliphatic carbocycles. The van der Waals surface area contributed by atoms with Gasteiger partial charge in [0.2, 0.25) is 0 Å². The molecule has 0 aliphatic rings. The van der Waals surface area contributed by atoms with E-state index in [4.69, 9.17) is 9.84 Å². The highest BCUT2D eigenvalue weighted by Crippen LogP contribution is 2.15. The standard InChI is InChI=1S/C14H19NO4/c1-4-8-19-12-7-5-6-11(9-12)13(16)15(3)10(2)14(17)18/h5-7,9-10H,4,8H2,1-3H3,(H,17,18). The van der Waals surface area contributed by atoms with E-state index >= 15 is 0 Å². The lowest BCUT2D eigenvalue weighted by atomic mass is 10.1. The molecule has 5 heteroatoms. The fourth-order valence-corrected chi connectivity index (χ4v) is 1.48. The van der Waals surface area contributed by atoms with Crippen LogP contribution in [0.5, 0.6) is 5.75 Å². The molecule has 0 saturated carbocycles. The molecule has 0 heterocycles. The molecule has 0 radical (unpaired) electrons. The van der Waals surface area contributed by atoms with Gasteiger partial charge in [-0.1, -0.05) is 13.0 Å². The molecule has 104 valence electrons. The molecule has 5 nitrogen and oxygen atoms in total. The van der Waals surface area contributed by atoms with Gasteiger partial charge < -0.3 is 14.7 Å². The van der Waals surface area contributed by atoms with Gasteiger partial charge in [-0.2, -0.15) is 0 Å². The Morgan fingerprint density at radius 2 is 2.11 bits per heavy atom. The van der Waals surface area contributed by atoms with E-state index in [-0.39, 0.29) is 5.91 Å². The van der Waals surface area contributed by atoms with Crippen molar-refractivity contribution in [1.82, 2.24) is 4.90 Å². The number of likely N-dealkylation sites (N-methyl/N-ethyl adjacent to an activating group) is 1. The molecule has 0 fully saturated rings. The van der Waals surface area contributed by atoms with Crippen LogP contribution in [0.1, 0.15) is 30.6 Å². The van der Waals surface area contributed by atoms with E-state index in [1.807, 2.05) is 6.92 Å². The lowest BCUT2D eigenvalue weighted by molar-refractivity contribution is -0.141. The Bertz CT molecular complexity index is 459. The fraction of sp³-hybridized carbons (Fsp3) is 0.429. The molecule has 1 unspecified atom stereocenters. The van der Waals surface area contributed by atoms with Gasteiger partial charge in [0.1, 0.15) is 11.8 Å². The molecule has 1 atom stereocenters. The average molecular weight is 265 g/mol. The molecular weight excluding hydrogens is 246 g/mol. The third-order valence-corrected chi connectivity index (χ3v) is 2.81. The minimum atomic E-state index is -1.03. The van der Waals surface area contributed by atoms with Crippen molar-refractivity contribution in [3.05, 3.63) is 29.8 Å². The number of hydrogen-bond donors (Lipinski definition) is 1. The van der Waals surface area contributed by atoms with E-state index in [2.05, 4.69) is 0 Å². The molecule has 1 amide bonds. The molecule has 19 heavy (non-hydrogen) atoms. The van der Waals surface area contributed by atoms with Crippen molar-refractivity contribution in [2.45, 2.75) is 26.3 Å². The lowest BCUT2D eigenvalue weighted by Crippen LogP contribution is -2.40. The predicted octanol–water partition coefficient (Wildman–Crippen LogP) is 2.02. The summed E-state index contributed by atoms with van der Waals surface area (Å²) in [6, 6.07) is 5.90. The van der Waals surface area contributed by atoms with Crippen LogP contribution in [-0.2, 0) is 4.79 Å². The summed E-state index contributed by atoms with van der Waals surface area (Å²) in [6.45, 7) is 4.05. The molecule has 1 N–H and O–H groups in total. The number of carboxylic acid groups (broad SMARTS) is 1. The smallest absolute Gasteiger partial charge is 0.326 e. The molecule has 0 aliphatic heterocycles.